The van der Waals surface area contributed by atoms with E-state index < -0.39 is 0 Å². The first-order chi connectivity index (χ1) is 12.5. The van der Waals surface area contributed by atoms with Crippen molar-refractivity contribution in [2.45, 2.75) is 20.4 Å². The highest BCUT2D eigenvalue weighted by Gasteiger charge is 2.09. The van der Waals surface area contributed by atoms with E-state index in [1.54, 1.807) is 6.08 Å². The van der Waals surface area contributed by atoms with Crippen molar-refractivity contribution >= 4 is 29.9 Å². The molecule has 1 N–H and O–H groups in total. The first-order valence-corrected chi connectivity index (χ1v) is 8.66. The van der Waals surface area contributed by atoms with Crippen molar-refractivity contribution in [2.24, 2.45) is 12.0 Å². The van der Waals surface area contributed by atoms with Crippen LogP contribution in [0, 0.1) is 13.8 Å². The number of benzene rings is 1. The summed E-state index contributed by atoms with van der Waals surface area (Å²) in [6.07, 6.45) is 1.81. The second-order valence-corrected chi connectivity index (χ2v) is 6.07. The molecule has 0 amide bonds. The van der Waals surface area contributed by atoms with Gasteiger partial charge in [0.25, 0.3) is 0 Å². The van der Waals surface area contributed by atoms with E-state index >= 15 is 0 Å². The van der Waals surface area contributed by atoms with Crippen LogP contribution in [0.1, 0.15) is 17.2 Å². The molecule has 8 heteroatoms. The fourth-order valence-electron chi connectivity index (χ4n) is 2.33. The average Bonchev–Trinajstić information content (AvgIpc) is 2.95. The molecule has 27 heavy (non-hydrogen) atoms. The molecule has 0 atom stereocenters. The Balaban J connectivity index is 0.00000364. The number of ether oxygens (including phenoxy) is 1. The Kier molecular flexibility index (Phi) is 9.84. The summed E-state index contributed by atoms with van der Waals surface area (Å²) in [5.74, 6) is 3.38. The van der Waals surface area contributed by atoms with Gasteiger partial charge in [0, 0.05) is 20.6 Å². The third-order valence-corrected chi connectivity index (χ3v) is 4.10. The summed E-state index contributed by atoms with van der Waals surface area (Å²) in [5.41, 5.74) is 1.13. The van der Waals surface area contributed by atoms with Gasteiger partial charge in [0.05, 0.1) is 6.54 Å². The summed E-state index contributed by atoms with van der Waals surface area (Å²) >= 11 is 0. The number of nitrogens with zero attached hydrogens (tertiary/aromatic N) is 5. The Hall–Kier alpha value is -2.10. The fourth-order valence-corrected chi connectivity index (χ4v) is 2.33. The van der Waals surface area contributed by atoms with Gasteiger partial charge in [-0.25, -0.2) is 4.99 Å². The normalized spacial score (nSPS) is 10.9. The van der Waals surface area contributed by atoms with E-state index in [1.165, 1.54) is 0 Å². The summed E-state index contributed by atoms with van der Waals surface area (Å²) in [5, 5.41) is 11.5. The Morgan fingerprint density at radius 2 is 2.07 bits per heavy atom. The second kappa shape index (κ2) is 11.6. The van der Waals surface area contributed by atoms with Gasteiger partial charge in [-0.15, -0.1) is 40.8 Å². The molecule has 0 unspecified atom stereocenters. The monoisotopic (exact) mass is 484 g/mol. The molecule has 0 aliphatic heterocycles. The summed E-state index contributed by atoms with van der Waals surface area (Å²) < 4.78 is 7.82. The predicted octanol–water partition coefficient (Wildman–Crippen LogP) is 2.69. The molecule has 1 heterocycles. The SMILES string of the molecule is C=CCNC(=NCc1nnc(C)n1C)N(C)CCOc1ccccc1C.I. The lowest BCUT2D eigenvalue weighted by Gasteiger charge is -2.22. The van der Waals surface area contributed by atoms with Crippen molar-refractivity contribution in [1.29, 1.82) is 0 Å². The van der Waals surface area contributed by atoms with E-state index in [2.05, 4.69) is 27.1 Å². The van der Waals surface area contributed by atoms with Crippen molar-refractivity contribution < 1.29 is 4.74 Å². The number of aromatic nitrogens is 3. The van der Waals surface area contributed by atoms with Crippen LogP contribution in [0.15, 0.2) is 41.9 Å². The molecule has 1 aromatic carbocycles. The smallest absolute Gasteiger partial charge is 0.194 e. The van der Waals surface area contributed by atoms with Crippen LogP contribution in [-0.4, -0.2) is 52.4 Å². The third kappa shape index (κ3) is 6.85. The molecule has 0 aliphatic carbocycles. The van der Waals surface area contributed by atoms with E-state index in [-0.39, 0.29) is 24.0 Å². The number of guanidine groups is 1. The van der Waals surface area contributed by atoms with Crippen molar-refractivity contribution in [1.82, 2.24) is 25.0 Å². The van der Waals surface area contributed by atoms with Gasteiger partial charge in [-0.05, 0) is 25.5 Å². The molecule has 0 saturated carbocycles. The van der Waals surface area contributed by atoms with Crippen molar-refractivity contribution in [3.63, 3.8) is 0 Å². The molecule has 0 saturated heterocycles. The Morgan fingerprint density at radius 1 is 1.33 bits per heavy atom. The average molecular weight is 484 g/mol. The molecule has 0 bridgehead atoms. The summed E-state index contributed by atoms with van der Waals surface area (Å²) in [6.45, 7) is 10.1. The lowest BCUT2D eigenvalue weighted by Crippen LogP contribution is -2.41. The number of aryl methyl sites for hydroxylation is 2. The lowest BCUT2D eigenvalue weighted by atomic mass is 10.2. The van der Waals surface area contributed by atoms with Gasteiger partial charge in [0.2, 0.25) is 0 Å². The van der Waals surface area contributed by atoms with Crippen LogP contribution in [0.2, 0.25) is 0 Å². The summed E-state index contributed by atoms with van der Waals surface area (Å²) in [4.78, 5) is 6.69. The quantitative estimate of drug-likeness (QED) is 0.270. The highest BCUT2D eigenvalue weighted by Crippen LogP contribution is 2.15. The minimum Gasteiger partial charge on any atom is -0.491 e. The standard InChI is InChI=1S/C19H28N6O.HI/c1-6-11-20-19(21-14-18-23-22-16(3)25(18)5)24(4)12-13-26-17-10-8-7-9-15(17)2;/h6-10H,1,11-14H2,2-5H3,(H,20,21);1H. The number of hydrogen-bond donors (Lipinski definition) is 1. The van der Waals surface area contributed by atoms with E-state index in [1.807, 2.05) is 61.7 Å². The molecule has 7 nitrogen and oxygen atoms in total. The summed E-state index contributed by atoms with van der Waals surface area (Å²) in [6, 6.07) is 8.01. The molecule has 0 radical (unpaired) electrons. The van der Waals surface area contributed by atoms with Crippen molar-refractivity contribution in [2.75, 3.05) is 26.7 Å². The lowest BCUT2D eigenvalue weighted by molar-refractivity contribution is 0.280. The molecular formula is C19H29IN6O. The maximum atomic E-state index is 5.88. The minimum atomic E-state index is 0. The molecule has 0 spiro atoms. The van der Waals surface area contributed by atoms with Gasteiger partial charge >= 0.3 is 0 Å². The molecule has 1 aromatic heterocycles. The van der Waals surface area contributed by atoms with E-state index in [9.17, 15) is 0 Å². The number of nitrogens with one attached hydrogen (secondary N) is 1. The van der Waals surface area contributed by atoms with Gasteiger partial charge in [0.15, 0.2) is 11.8 Å². The Bertz CT molecular complexity index is 758. The van der Waals surface area contributed by atoms with Crippen LogP contribution >= 0.6 is 24.0 Å². The largest absolute Gasteiger partial charge is 0.491 e. The van der Waals surface area contributed by atoms with E-state index in [0.29, 0.717) is 26.2 Å². The molecule has 0 fully saturated rings. The van der Waals surface area contributed by atoms with Gasteiger partial charge in [-0.2, -0.15) is 0 Å². The van der Waals surface area contributed by atoms with Crippen molar-refractivity contribution in [3.05, 3.63) is 54.1 Å². The van der Waals surface area contributed by atoms with Gasteiger partial charge < -0.3 is 19.5 Å². The van der Waals surface area contributed by atoms with Crippen LogP contribution < -0.4 is 10.1 Å². The number of aliphatic imine (C=N–C) groups is 1. The molecule has 0 aliphatic rings. The number of hydrogen-bond acceptors (Lipinski definition) is 4. The van der Waals surface area contributed by atoms with Crippen LogP contribution in [0.3, 0.4) is 0 Å². The minimum absolute atomic E-state index is 0. The maximum Gasteiger partial charge on any atom is 0.194 e. The van der Waals surface area contributed by atoms with Crippen LogP contribution in [0.25, 0.3) is 0 Å². The third-order valence-electron chi connectivity index (χ3n) is 4.10. The number of rotatable bonds is 8. The van der Waals surface area contributed by atoms with E-state index in [0.717, 1.165) is 28.9 Å². The molecular weight excluding hydrogens is 455 g/mol. The zero-order valence-electron chi connectivity index (χ0n) is 16.5. The predicted molar refractivity (Wildman–Crippen MR) is 120 cm³/mol. The Labute approximate surface area is 178 Å². The fraction of sp³-hybridized carbons (Fsp3) is 0.421. The zero-order chi connectivity index (χ0) is 18.9. The Morgan fingerprint density at radius 3 is 2.70 bits per heavy atom. The second-order valence-electron chi connectivity index (χ2n) is 6.07. The first-order valence-electron chi connectivity index (χ1n) is 8.66. The highest BCUT2D eigenvalue weighted by atomic mass is 127. The number of likely N-dealkylation sites (N-methyl/N-ethyl adjacent to an activating group) is 1. The number of halogens is 1. The molecule has 148 valence electrons. The van der Waals surface area contributed by atoms with Gasteiger partial charge in [-0.3, -0.25) is 0 Å². The van der Waals surface area contributed by atoms with Crippen LogP contribution in [-0.2, 0) is 13.6 Å². The van der Waals surface area contributed by atoms with Crippen LogP contribution in [0.5, 0.6) is 5.75 Å². The van der Waals surface area contributed by atoms with Gasteiger partial charge in [0.1, 0.15) is 24.7 Å². The highest BCUT2D eigenvalue weighted by molar-refractivity contribution is 14.0. The maximum absolute atomic E-state index is 5.88. The first kappa shape index (κ1) is 22.9. The topological polar surface area (TPSA) is 67.6 Å². The van der Waals surface area contributed by atoms with Crippen molar-refractivity contribution in [3.8, 4) is 5.75 Å². The van der Waals surface area contributed by atoms with E-state index in [4.69, 9.17) is 4.74 Å². The number of para-hydroxylation sites is 1. The molecule has 2 aromatic rings. The zero-order valence-corrected chi connectivity index (χ0v) is 18.8. The molecule has 2 rings (SSSR count). The summed E-state index contributed by atoms with van der Waals surface area (Å²) in [7, 11) is 3.93. The van der Waals surface area contributed by atoms with Gasteiger partial charge in [-0.1, -0.05) is 24.3 Å². The van der Waals surface area contributed by atoms with Crippen LogP contribution in [0.4, 0.5) is 0 Å².